The molecule has 2 rings (SSSR count). The second-order valence-corrected chi connectivity index (χ2v) is 3.68. The minimum Gasteiger partial charge on any atom is -0.353 e. The van der Waals surface area contributed by atoms with Crippen molar-refractivity contribution in [1.82, 2.24) is 14.9 Å². The summed E-state index contributed by atoms with van der Waals surface area (Å²) in [5.74, 6) is 0.178. The Hall–Kier alpha value is -1.32. The molecule has 0 radical (unpaired) electrons. The standard InChI is InChI=1S/C10H15N3O/c1-2-13-7-11-6-9(13)5-8-3-4-10(14)12-8/h6-8H,2-5H2,1H3,(H,12,14). The minimum atomic E-state index is 0.178. The fraction of sp³-hybridized carbons (Fsp3) is 0.600. The van der Waals surface area contributed by atoms with Gasteiger partial charge < -0.3 is 9.88 Å². The Bertz CT molecular complexity index is 332. The molecule has 2 heterocycles. The first kappa shape index (κ1) is 9.24. The van der Waals surface area contributed by atoms with E-state index < -0.39 is 0 Å². The van der Waals surface area contributed by atoms with Crippen LogP contribution in [0, 0.1) is 0 Å². The Balaban J connectivity index is 2.00. The second-order valence-electron chi connectivity index (χ2n) is 3.68. The van der Waals surface area contributed by atoms with E-state index in [1.54, 1.807) is 0 Å². The average molecular weight is 193 g/mol. The molecule has 1 amide bonds. The zero-order chi connectivity index (χ0) is 9.97. The molecule has 0 bridgehead atoms. The summed E-state index contributed by atoms with van der Waals surface area (Å²) in [5, 5.41) is 2.96. The number of imidazole rings is 1. The van der Waals surface area contributed by atoms with Crippen LogP contribution >= 0.6 is 0 Å². The number of hydrogen-bond donors (Lipinski definition) is 1. The van der Waals surface area contributed by atoms with Crippen LogP contribution in [0.15, 0.2) is 12.5 Å². The molecule has 0 spiro atoms. The van der Waals surface area contributed by atoms with Crippen LogP contribution in [0.3, 0.4) is 0 Å². The Kier molecular flexibility index (Phi) is 2.52. The molecule has 0 saturated carbocycles. The van der Waals surface area contributed by atoms with Crippen LogP contribution in [0.25, 0.3) is 0 Å². The summed E-state index contributed by atoms with van der Waals surface area (Å²) in [5.41, 5.74) is 1.21. The van der Waals surface area contributed by atoms with Gasteiger partial charge in [0, 0.05) is 37.3 Å². The maximum Gasteiger partial charge on any atom is 0.220 e. The summed E-state index contributed by atoms with van der Waals surface area (Å²) in [6.07, 6.45) is 6.25. The largest absolute Gasteiger partial charge is 0.353 e. The van der Waals surface area contributed by atoms with Gasteiger partial charge in [0.2, 0.25) is 5.91 Å². The molecular weight excluding hydrogens is 178 g/mol. The Morgan fingerprint density at radius 1 is 1.71 bits per heavy atom. The summed E-state index contributed by atoms with van der Waals surface area (Å²) in [6, 6.07) is 0.310. The predicted molar refractivity (Wildman–Crippen MR) is 52.8 cm³/mol. The molecule has 1 atom stereocenters. The molecule has 4 nitrogen and oxygen atoms in total. The van der Waals surface area contributed by atoms with Crippen molar-refractivity contribution in [2.45, 2.75) is 38.8 Å². The summed E-state index contributed by atoms with van der Waals surface area (Å²) in [6.45, 7) is 3.04. The van der Waals surface area contributed by atoms with Crippen molar-refractivity contribution in [3.8, 4) is 0 Å². The van der Waals surface area contributed by atoms with Crippen LogP contribution in [0.4, 0.5) is 0 Å². The topological polar surface area (TPSA) is 46.9 Å². The van der Waals surface area contributed by atoms with E-state index in [9.17, 15) is 4.79 Å². The fourth-order valence-electron chi connectivity index (χ4n) is 1.89. The third kappa shape index (κ3) is 1.78. The molecule has 0 aromatic carbocycles. The van der Waals surface area contributed by atoms with Crippen molar-refractivity contribution in [2.75, 3.05) is 0 Å². The number of hydrogen-bond acceptors (Lipinski definition) is 2. The molecule has 1 saturated heterocycles. The quantitative estimate of drug-likeness (QED) is 0.769. The summed E-state index contributed by atoms with van der Waals surface area (Å²) < 4.78 is 2.12. The van der Waals surface area contributed by atoms with Crippen LogP contribution in [-0.2, 0) is 17.8 Å². The van der Waals surface area contributed by atoms with Gasteiger partial charge in [0.05, 0.1) is 6.33 Å². The van der Waals surface area contributed by atoms with Crippen molar-refractivity contribution in [1.29, 1.82) is 0 Å². The van der Waals surface area contributed by atoms with E-state index in [0.717, 1.165) is 19.4 Å². The highest BCUT2D eigenvalue weighted by molar-refractivity contribution is 5.78. The van der Waals surface area contributed by atoms with Crippen molar-refractivity contribution in [2.24, 2.45) is 0 Å². The van der Waals surface area contributed by atoms with Gasteiger partial charge in [-0.25, -0.2) is 4.98 Å². The molecule has 1 aromatic heterocycles. The van der Waals surface area contributed by atoms with Gasteiger partial charge >= 0.3 is 0 Å². The highest BCUT2D eigenvalue weighted by Gasteiger charge is 2.21. The first-order chi connectivity index (χ1) is 6.79. The first-order valence-electron chi connectivity index (χ1n) is 5.08. The number of aromatic nitrogens is 2. The maximum absolute atomic E-state index is 11.0. The Morgan fingerprint density at radius 2 is 2.57 bits per heavy atom. The second kappa shape index (κ2) is 3.82. The van der Waals surface area contributed by atoms with E-state index in [1.807, 2.05) is 12.5 Å². The maximum atomic E-state index is 11.0. The predicted octanol–water partition coefficient (Wildman–Crippen LogP) is 0.724. The minimum absolute atomic E-state index is 0.178. The number of amides is 1. The van der Waals surface area contributed by atoms with Gasteiger partial charge in [-0.05, 0) is 13.3 Å². The van der Waals surface area contributed by atoms with Crippen LogP contribution < -0.4 is 5.32 Å². The van der Waals surface area contributed by atoms with Crippen molar-refractivity contribution in [3.05, 3.63) is 18.2 Å². The van der Waals surface area contributed by atoms with Gasteiger partial charge in [0.15, 0.2) is 0 Å². The average Bonchev–Trinajstić information content (AvgIpc) is 2.76. The lowest BCUT2D eigenvalue weighted by molar-refractivity contribution is -0.119. The lowest BCUT2D eigenvalue weighted by Crippen LogP contribution is -2.27. The Labute approximate surface area is 83.3 Å². The van der Waals surface area contributed by atoms with Crippen LogP contribution in [0.2, 0.25) is 0 Å². The zero-order valence-corrected chi connectivity index (χ0v) is 8.36. The summed E-state index contributed by atoms with van der Waals surface area (Å²) >= 11 is 0. The molecule has 4 heteroatoms. The molecule has 1 fully saturated rings. The number of nitrogens with zero attached hydrogens (tertiary/aromatic N) is 2. The number of rotatable bonds is 3. The molecule has 0 aliphatic carbocycles. The van der Waals surface area contributed by atoms with Gasteiger partial charge in [0.25, 0.3) is 0 Å². The smallest absolute Gasteiger partial charge is 0.220 e. The van der Waals surface area contributed by atoms with Crippen LogP contribution in [0.5, 0.6) is 0 Å². The molecule has 76 valence electrons. The number of carbonyl (C=O) groups excluding carboxylic acids is 1. The first-order valence-corrected chi connectivity index (χ1v) is 5.08. The third-order valence-corrected chi connectivity index (χ3v) is 2.68. The molecule has 1 unspecified atom stereocenters. The van der Waals surface area contributed by atoms with Crippen molar-refractivity contribution in [3.63, 3.8) is 0 Å². The fourth-order valence-corrected chi connectivity index (χ4v) is 1.89. The monoisotopic (exact) mass is 193 g/mol. The number of nitrogens with one attached hydrogen (secondary N) is 1. The van der Waals surface area contributed by atoms with Gasteiger partial charge in [-0.15, -0.1) is 0 Å². The van der Waals surface area contributed by atoms with Gasteiger partial charge in [-0.1, -0.05) is 0 Å². The third-order valence-electron chi connectivity index (χ3n) is 2.68. The lowest BCUT2D eigenvalue weighted by atomic mass is 10.1. The normalized spacial score (nSPS) is 21.2. The molecule has 1 aliphatic rings. The van der Waals surface area contributed by atoms with E-state index in [2.05, 4.69) is 21.8 Å². The number of carbonyl (C=O) groups is 1. The van der Waals surface area contributed by atoms with Crippen molar-refractivity contribution >= 4 is 5.91 Å². The summed E-state index contributed by atoms with van der Waals surface area (Å²) in [7, 11) is 0. The SMILES string of the molecule is CCn1cncc1CC1CCC(=O)N1. The lowest BCUT2D eigenvalue weighted by Gasteiger charge is -2.10. The van der Waals surface area contributed by atoms with E-state index in [4.69, 9.17) is 0 Å². The zero-order valence-electron chi connectivity index (χ0n) is 8.36. The van der Waals surface area contributed by atoms with E-state index >= 15 is 0 Å². The molecule has 1 N–H and O–H groups in total. The number of aryl methyl sites for hydroxylation is 1. The molecule has 1 aromatic rings. The van der Waals surface area contributed by atoms with E-state index in [-0.39, 0.29) is 5.91 Å². The molecular formula is C10H15N3O. The highest BCUT2D eigenvalue weighted by atomic mass is 16.1. The van der Waals surface area contributed by atoms with Crippen molar-refractivity contribution < 1.29 is 4.79 Å². The van der Waals surface area contributed by atoms with Gasteiger partial charge in [-0.3, -0.25) is 4.79 Å². The highest BCUT2D eigenvalue weighted by Crippen LogP contribution is 2.12. The van der Waals surface area contributed by atoms with Crippen LogP contribution in [-0.4, -0.2) is 21.5 Å². The van der Waals surface area contributed by atoms with E-state index in [0.29, 0.717) is 12.5 Å². The summed E-state index contributed by atoms with van der Waals surface area (Å²) in [4.78, 5) is 15.1. The van der Waals surface area contributed by atoms with Crippen LogP contribution in [0.1, 0.15) is 25.5 Å². The molecule has 1 aliphatic heterocycles. The van der Waals surface area contributed by atoms with Gasteiger partial charge in [0.1, 0.15) is 0 Å². The van der Waals surface area contributed by atoms with Gasteiger partial charge in [-0.2, -0.15) is 0 Å². The van der Waals surface area contributed by atoms with E-state index in [1.165, 1.54) is 5.69 Å². The Morgan fingerprint density at radius 3 is 3.21 bits per heavy atom. The molecule has 14 heavy (non-hydrogen) atoms.